The Kier molecular flexibility index (Phi) is 4.36. The maximum absolute atomic E-state index is 12.0. The third-order valence-electron chi connectivity index (χ3n) is 3.92. The molecule has 0 saturated carbocycles. The fourth-order valence-electron chi connectivity index (χ4n) is 2.55. The molecule has 8 nitrogen and oxygen atoms in total. The minimum atomic E-state index is -0.222. The predicted molar refractivity (Wildman–Crippen MR) is 100 cm³/mol. The maximum Gasteiger partial charge on any atom is 0.258 e. The standard InChI is InChI=1S/C19H16N6O2/c1-13-20-7-8-25(13)18-10-17(21-12-22-18)23-15-2-4-16(5-3-15)24-19(26)14-6-9-27-11-14/h2-12H,1H3,(H,24,26)(H,21,22,23). The number of carbonyl (C=O) groups excluding carboxylic acids is 1. The summed E-state index contributed by atoms with van der Waals surface area (Å²) in [5.41, 5.74) is 1.99. The van der Waals surface area contributed by atoms with E-state index in [1.54, 1.807) is 12.3 Å². The zero-order valence-electron chi connectivity index (χ0n) is 14.5. The molecule has 0 spiro atoms. The molecule has 1 amide bonds. The van der Waals surface area contributed by atoms with Crippen molar-refractivity contribution in [3.63, 3.8) is 0 Å². The van der Waals surface area contributed by atoms with Gasteiger partial charge in [0.1, 0.15) is 30.1 Å². The Morgan fingerprint density at radius 1 is 1.07 bits per heavy atom. The summed E-state index contributed by atoms with van der Waals surface area (Å²) in [6.45, 7) is 1.91. The fourth-order valence-corrected chi connectivity index (χ4v) is 2.55. The van der Waals surface area contributed by atoms with Gasteiger partial charge in [-0.25, -0.2) is 15.0 Å². The van der Waals surface area contributed by atoms with E-state index in [0.29, 0.717) is 17.1 Å². The van der Waals surface area contributed by atoms with E-state index in [9.17, 15) is 4.79 Å². The smallest absolute Gasteiger partial charge is 0.258 e. The minimum absolute atomic E-state index is 0.222. The second-order valence-corrected chi connectivity index (χ2v) is 5.77. The van der Waals surface area contributed by atoms with Crippen LogP contribution in [0.2, 0.25) is 0 Å². The molecule has 3 aromatic heterocycles. The first-order valence-corrected chi connectivity index (χ1v) is 8.22. The molecule has 0 aliphatic carbocycles. The number of hydrogen-bond acceptors (Lipinski definition) is 6. The first kappa shape index (κ1) is 16.5. The Morgan fingerprint density at radius 3 is 2.59 bits per heavy atom. The molecule has 0 atom stereocenters. The maximum atomic E-state index is 12.0. The molecule has 3 heterocycles. The SMILES string of the molecule is Cc1nccn1-c1cc(Nc2ccc(NC(=O)c3ccoc3)cc2)ncn1. The molecule has 8 heteroatoms. The molecular weight excluding hydrogens is 344 g/mol. The lowest BCUT2D eigenvalue weighted by Gasteiger charge is -2.09. The summed E-state index contributed by atoms with van der Waals surface area (Å²) in [7, 11) is 0. The summed E-state index contributed by atoms with van der Waals surface area (Å²) in [6.07, 6.45) is 7.93. The van der Waals surface area contributed by atoms with Gasteiger partial charge in [-0.05, 0) is 37.3 Å². The quantitative estimate of drug-likeness (QED) is 0.565. The van der Waals surface area contributed by atoms with E-state index in [1.807, 2.05) is 48.0 Å². The third-order valence-corrected chi connectivity index (χ3v) is 3.92. The van der Waals surface area contributed by atoms with Gasteiger partial charge in [0.2, 0.25) is 0 Å². The van der Waals surface area contributed by atoms with Gasteiger partial charge in [0, 0.05) is 29.8 Å². The van der Waals surface area contributed by atoms with Crippen LogP contribution in [-0.2, 0) is 0 Å². The van der Waals surface area contributed by atoms with Crippen LogP contribution in [0.1, 0.15) is 16.2 Å². The Bertz CT molecular complexity index is 1050. The molecule has 0 bridgehead atoms. The van der Waals surface area contributed by atoms with Crippen LogP contribution in [0.25, 0.3) is 5.82 Å². The number of aryl methyl sites for hydroxylation is 1. The Labute approximate surface area is 154 Å². The van der Waals surface area contributed by atoms with E-state index in [0.717, 1.165) is 17.3 Å². The number of carbonyl (C=O) groups is 1. The Hall–Kier alpha value is -3.94. The topological polar surface area (TPSA) is 97.9 Å². The number of hydrogen-bond donors (Lipinski definition) is 2. The largest absolute Gasteiger partial charge is 0.472 e. The van der Waals surface area contributed by atoms with E-state index in [2.05, 4.69) is 25.6 Å². The van der Waals surface area contributed by atoms with Gasteiger partial charge in [-0.1, -0.05) is 0 Å². The van der Waals surface area contributed by atoms with Crippen LogP contribution in [-0.4, -0.2) is 25.4 Å². The second kappa shape index (κ2) is 7.12. The lowest BCUT2D eigenvalue weighted by atomic mass is 10.2. The number of imidazole rings is 1. The number of nitrogens with zero attached hydrogens (tertiary/aromatic N) is 4. The van der Waals surface area contributed by atoms with Gasteiger partial charge >= 0.3 is 0 Å². The number of rotatable bonds is 5. The molecule has 0 saturated heterocycles. The van der Waals surface area contributed by atoms with Gasteiger partial charge in [-0.15, -0.1) is 0 Å². The average Bonchev–Trinajstić information content (AvgIpc) is 3.35. The van der Waals surface area contributed by atoms with Crippen molar-refractivity contribution in [1.82, 2.24) is 19.5 Å². The van der Waals surface area contributed by atoms with Gasteiger partial charge in [-0.3, -0.25) is 9.36 Å². The van der Waals surface area contributed by atoms with E-state index in [-0.39, 0.29) is 5.91 Å². The normalized spacial score (nSPS) is 10.6. The summed E-state index contributed by atoms with van der Waals surface area (Å²) < 4.78 is 6.79. The number of nitrogens with one attached hydrogen (secondary N) is 2. The summed E-state index contributed by atoms with van der Waals surface area (Å²) in [6, 6.07) is 10.8. The van der Waals surface area contributed by atoms with Crippen molar-refractivity contribution >= 4 is 23.1 Å². The van der Waals surface area contributed by atoms with Crippen LogP contribution in [0, 0.1) is 6.92 Å². The zero-order valence-corrected chi connectivity index (χ0v) is 14.5. The highest BCUT2D eigenvalue weighted by atomic mass is 16.3. The van der Waals surface area contributed by atoms with Crippen molar-refractivity contribution in [3.8, 4) is 5.82 Å². The van der Waals surface area contributed by atoms with Crippen molar-refractivity contribution < 1.29 is 9.21 Å². The van der Waals surface area contributed by atoms with E-state index in [1.165, 1.54) is 18.9 Å². The van der Waals surface area contributed by atoms with Crippen molar-refractivity contribution in [2.45, 2.75) is 6.92 Å². The highest BCUT2D eigenvalue weighted by Gasteiger charge is 2.08. The average molecular weight is 360 g/mol. The van der Waals surface area contributed by atoms with Crippen LogP contribution in [0.5, 0.6) is 0 Å². The third kappa shape index (κ3) is 3.69. The molecule has 0 aliphatic rings. The zero-order chi connectivity index (χ0) is 18.6. The highest BCUT2D eigenvalue weighted by molar-refractivity contribution is 6.04. The van der Waals surface area contributed by atoms with Crippen LogP contribution in [0.15, 0.2) is 72.1 Å². The van der Waals surface area contributed by atoms with Crippen molar-refractivity contribution in [1.29, 1.82) is 0 Å². The first-order chi connectivity index (χ1) is 13.2. The van der Waals surface area contributed by atoms with E-state index < -0.39 is 0 Å². The summed E-state index contributed by atoms with van der Waals surface area (Å²) in [5, 5.41) is 6.03. The molecule has 4 rings (SSSR count). The Balaban J connectivity index is 1.46. The lowest BCUT2D eigenvalue weighted by Crippen LogP contribution is -2.10. The molecule has 0 radical (unpaired) electrons. The van der Waals surface area contributed by atoms with Crippen molar-refractivity contribution in [3.05, 3.63) is 79.0 Å². The van der Waals surface area contributed by atoms with Crippen LogP contribution >= 0.6 is 0 Å². The molecule has 134 valence electrons. The van der Waals surface area contributed by atoms with Crippen molar-refractivity contribution in [2.24, 2.45) is 0 Å². The monoisotopic (exact) mass is 360 g/mol. The number of benzene rings is 1. The number of aromatic nitrogens is 4. The summed E-state index contributed by atoms with van der Waals surface area (Å²) >= 11 is 0. The number of anilines is 3. The number of furan rings is 1. The van der Waals surface area contributed by atoms with Crippen molar-refractivity contribution in [2.75, 3.05) is 10.6 Å². The fraction of sp³-hybridized carbons (Fsp3) is 0.0526. The molecule has 1 aromatic carbocycles. The first-order valence-electron chi connectivity index (χ1n) is 8.22. The van der Waals surface area contributed by atoms with Gasteiger partial charge in [0.15, 0.2) is 0 Å². The highest BCUT2D eigenvalue weighted by Crippen LogP contribution is 2.19. The summed E-state index contributed by atoms with van der Waals surface area (Å²) in [5.74, 6) is 2.01. The van der Waals surface area contributed by atoms with Gasteiger partial charge in [0.05, 0.1) is 11.8 Å². The molecule has 0 fully saturated rings. The van der Waals surface area contributed by atoms with Gasteiger partial charge < -0.3 is 15.1 Å². The van der Waals surface area contributed by atoms with E-state index in [4.69, 9.17) is 4.42 Å². The van der Waals surface area contributed by atoms with E-state index >= 15 is 0 Å². The Morgan fingerprint density at radius 2 is 1.89 bits per heavy atom. The predicted octanol–water partition coefficient (Wildman–Crippen LogP) is 3.56. The van der Waals surface area contributed by atoms with Crippen LogP contribution in [0.3, 0.4) is 0 Å². The lowest BCUT2D eigenvalue weighted by molar-refractivity contribution is 0.102. The molecular formula is C19H16N6O2. The molecule has 27 heavy (non-hydrogen) atoms. The molecule has 0 aliphatic heterocycles. The minimum Gasteiger partial charge on any atom is -0.472 e. The van der Waals surface area contributed by atoms with Crippen LogP contribution < -0.4 is 10.6 Å². The molecule has 0 unspecified atom stereocenters. The van der Waals surface area contributed by atoms with Gasteiger partial charge in [-0.2, -0.15) is 0 Å². The number of amides is 1. The second-order valence-electron chi connectivity index (χ2n) is 5.77. The summed E-state index contributed by atoms with van der Waals surface area (Å²) in [4.78, 5) is 24.7. The molecule has 2 N–H and O–H groups in total. The molecule has 4 aromatic rings. The van der Waals surface area contributed by atoms with Crippen LogP contribution in [0.4, 0.5) is 17.2 Å². The van der Waals surface area contributed by atoms with Gasteiger partial charge in [0.25, 0.3) is 5.91 Å².